The Morgan fingerprint density at radius 3 is 1.79 bits per heavy atom. The normalized spacial score (nSPS) is 11.3. The molecular weight excluding hydrogens is 398 g/mol. The molecule has 0 amide bonds. The van der Waals surface area contributed by atoms with E-state index in [1.165, 1.54) is 66.3 Å². The van der Waals surface area contributed by atoms with E-state index in [4.69, 9.17) is 0 Å². The Labute approximate surface area is 194 Å². The van der Waals surface area contributed by atoms with Crippen LogP contribution >= 0.6 is 0 Å². The molecule has 0 radical (unpaired) electrons. The van der Waals surface area contributed by atoms with Gasteiger partial charge in [0.25, 0.3) is 0 Å². The second kappa shape index (κ2) is 7.79. The van der Waals surface area contributed by atoms with Crippen LogP contribution < -0.4 is 0 Å². The molecule has 0 fully saturated rings. The van der Waals surface area contributed by atoms with Crippen LogP contribution in [-0.4, -0.2) is 4.98 Å². The maximum absolute atomic E-state index is 3.56. The summed E-state index contributed by atoms with van der Waals surface area (Å²) in [5.41, 5.74) is 12.5. The molecule has 0 unspecified atom stereocenters. The number of aryl methyl sites for hydroxylation is 2. The van der Waals surface area contributed by atoms with Crippen LogP contribution in [0.1, 0.15) is 11.1 Å². The Kier molecular flexibility index (Phi) is 4.62. The van der Waals surface area contributed by atoms with Crippen molar-refractivity contribution in [1.82, 2.24) is 4.98 Å². The van der Waals surface area contributed by atoms with Gasteiger partial charge < -0.3 is 4.98 Å². The summed E-state index contributed by atoms with van der Waals surface area (Å²) >= 11 is 0. The van der Waals surface area contributed by atoms with Crippen LogP contribution in [0.2, 0.25) is 0 Å². The van der Waals surface area contributed by atoms with E-state index < -0.39 is 0 Å². The molecule has 0 aliphatic heterocycles. The van der Waals surface area contributed by atoms with Crippen molar-refractivity contribution in [2.75, 3.05) is 0 Å². The van der Waals surface area contributed by atoms with Crippen molar-refractivity contribution in [2.24, 2.45) is 0 Å². The number of benzene rings is 5. The predicted molar refractivity (Wildman–Crippen MR) is 142 cm³/mol. The second-order valence-electron chi connectivity index (χ2n) is 8.85. The summed E-state index contributed by atoms with van der Waals surface area (Å²) < 4.78 is 0. The molecule has 0 atom stereocenters. The first-order valence-corrected chi connectivity index (χ1v) is 11.5. The maximum atomic E-state index is 3.56. The lowest BCUT2D eigenvalue weighted by atomic mass is 9.92. The van der Waals surface area contributed by atoms with Crippen molar-refractivity contribution in [3.8, 4) is 33.4 Å². The summed E-state index contributed by atoms with van der Waals surface area (Å²) in [7, 11) is 0. The van der Waals surface area contributed by atoms with E-state index in [9.17, 15) is 0 Å². The predicted octanol–water partition coefficient (Wildman–Crippen LogP) is 8.94. The Morgan fingerprint density at radius 1 is 0.424 bits per heavy atom. The minimum absolute atomic E-state index is 1.18. The molecule has 1 heterocycles. The molecule has 0 saturated heterocycles. The summed E-state index contributed by atoms with van der Waals surface area (Å²) in [6.45, 7) is 4.37. The molecule has 1 heteroatoms. The molecule has 33 heavy (non-hydrogen) atoms. The van der Waals surface area contributed by atoms with Crippen LogP contribution in [0.4, 0.5) is 0 Å². The quantitative estimate of drug-likeness (QED) is 0.292. The van der Waals surface area contributed by atoms with Gasteiger partial charge in [-0.3, -0.25) is 0 Å². The molecule has 0 bridgehead atoms. The third-order valence-corrected chi connectivity index (χ3v) is 6.73. The lowest BCUT2D eigenvalue weighted by Crippen LogP contribution is -1.88. The Morgan fingerprint density at radius 2 is 1.00 bits per heavy atom. The molecule has 158 valence electrons. The maximum Gasteiger partial charge on any atom is 0.0471 e. The van der Waals surface area contributed by atoms with Gasteiger partial charge in [-0.1, -0.05) is 91.0 Å². The first-order chi connectivity index (χ1) is 16.2. The minimum Gasteiger partial charge on any atom is -0.354 e. The topological polar surface area (TPSA) is 15.8 Å². The third-order valence-electron chi connectivity index (χ3n) is 6.73. The van der Waals surface area contributed by atoms with Gasteiger partial charge in [-0.15, -0.1) is 0 Å². The lowest BCUT2D eigenvalue weighted by molar-refractivity contribution is 1.41. The molecule has 5 aromatic carbocycles. The van der Waals surface area contributed by atoms with Crippen molar-refractivity contribution in [1.29, 1.82) is 0 Å². The van der Waals surface area contributed by atoms with Gasteiger partial charge in [0, 0.05) is 21.8 Å². The van der Waals surface area contributed by atoms with Gasteiger partial charge in [0.05, 0.1) is 0 Å². The minimum atomic E-state index is 1.18. The molecule has 1 N–H and O–H groups in total. The zero-order valence-electron chi connectivity index (χ0n) is 18.9. The van der Waals surface area contributed by atoms with Gasteiger partial charge in [-0.2, -0.15) is 0 Å². The molecule has 6 rings (SSSR count). The Balaban J connectivity index is 1.36. The van der Waals surface area contributed by atoms with Gasteiger partial charge in [0.2, 0.25) is 0 Å². The number of fused-ring (bicyclic) bond motifs is 3. The zero-order valence-corrected chi connectivity index (χ0v) is 18.9. The molecule has 1 aromatic heterocycles. The average Bonchev–Trinajstić information content (AvgIpc) is 3.23. The monoisotopic (exact) mass is 423 g/mol. The average molecular weight is 424 g/mol. The van der Waals surface area contributed by atoms with Gasteiger partial charge in [0.1, 0.15) is 0 Å². The highest BCUT2D eigenvalue weighted by Gasteiger charge is 2.09. The Bertz CT molecular complexity index is 1620. The third kappa shape index (κ3) is 3.43. The molecule has 0 spiro atoms. The standard InChI is InChI=1S/C32H25N/c1-21-7-3-4-8-27(21)30-19-25(12-11-22(30)2)23-13-15-24(16-14-23)26-17-18-29-28-9-5-6-10-31(28)33-32(29)20-26/h3-20,33H,1-2H3. The Hall–Kier alpha value is -4.10. The van der Waals surface area contributed by atoms with Crippen LogP contribution in [0.25, 0.3) is 55.2 Å². The van der Waals surface area contributed by atoms with Crippen LogP contribution in [0.5, 0.6) is 0 Å². The van der Waals surface area contributed by atoms with E-state index >= 15 is 0 Å². The molecule has 6 aromatic rings. The van der Waals surface area contributed by atoms with E-state index in [-0.39, 0.29) is 0 Å². The van der Waals surface area contributed by atoms with E-state index in [0.717, 1.165) is 0 Å². The van der Waals surface area contributed by atoms with Crippen LogP contribution in [0, 0.1) is 13.8 Å². The summed E-state index contributed by atoms with van der Waals surface area (Å²) in [6.07, 6.45) is 0. The van der Waals surface area contributed by atoms with Gasteiger partial charge in [-0.05, 0) is 76.6 Å². The molecule has 0 aliphatic rings. The number of rotatable bonds is 3. The van der Waals surface area contributed by atoms with Gasteiger partial charge in [-0.25, -0.2) is 0 Å². The molecule has 0 aliphatic carbocycles. The highest BCUT2D eigenvalue weighted by atomic mass is 14.7. The first kappa shape index (κ1) is 19.6. The fraction of sp³-hybridized carbons (Fsp3) is 0.0625. The summed E-state index contributed by atoms with van der Waals surface area (Å²) in [6, 6.07) is 39.5. The number of para-hydroxylation sites is 1. The fourth-order valence-corrected chi connectivity index (χ4v) is 4.86. The van der Waals surface area contributed by atoms with E-state index in [2.05, 4.69) is 128 Å². The largest absolute Gasteiger partial charge is 0.354 e. The summed E-state index contributed by atoms with van der Waals surface area (Å²) in [5, 5.41) is 2.55. The van der Waals surface area contributed by atoms with Crippen LogP contribution in [0.3, 0.4) is 0 Å². The highest BCUT2D eigenvalue weighted by Crippen LogP contribution is 2.33. The molecular formula is C32H25N. The van der Waals surface area contributed by atoms with Gasteiger partial charge in [0.15, 0.2) is 0 Å². The van der Waals surface area contributed by atoms with Crippen LogP contribution in [0.15, 0.2) is 109 Å². The van der Waals surface area contributed by atoms with Gasteiger partial charge >= 0.3 is 0 Å². The second-order valence-corrected chi connectivity index (χ2v) is 8.85. The smallest absolute Gasteiger partial charge is 0.0471 e. The first-order valence-electron chi connectivity index (χ1n) is 11.5. The van der Waals surface area contributed by atoms with Crippen molar-refractivity contribution in [2.45, 2.75) is 13.8 Å². The van der Waals surface area contributed by atoms with Crippen molar-refractivity contribution in [3.63, 3.8) is 0 Å². The van der Waals surface area contributed by atoms with Crippen molar-refractivity contribution in [3.05, 3.63) is 120 Å². The number of nitrogens with one attached hydrogen (secondary N) is 1. The lowest BCUT2D eigenvalue weighted by Gasteiger charge is -2.12. The molecule has 0 saturated carbocycles. The number of H-pyrrole nitrogens is 1. The fourth-order valence-electron chi connectivity index (χ4n) is 4.86. The van der Waals surface area contributed by atoms with E-state index in [0.29, 0.717) is 0 Å². The summed E-state index contributed by atoms with van der Waals surface area (Å²) in [5.74, 6) is 0. The van der Waals surface area contributed by atoms with Crippen molar-refractivity contribution >= 4 is 21.8 Å². The van der Waals surface area contributed by atoms with E-state index in [1.807, 2.05) is 0 Å². The molecule has 1 nitrogen and oxygen atoms in total. The van der Waals surface area contributed by atoms with E-state index in [1.54, 1.807) is 0 Å². The number of aromatic amines is 1. The SMILES string of the molecule is Cc1ccccc1-c1cc(-c2ccc(-c3ccc4c(c3)[nH]c3ccccc34)cc2)ccc1C. The summed E-state index contributed by atoms with van der Waals surface area (Å²) in [4.78, 5) is 3.56. The zero-order chi connectivity index (χ0) is 22.4. The van der Waals surface area contributed by atoms with Crippen molar-refractivity contribution < 1.29 is 0 Å². The van der Waals surface area contributed by atoms with Crippen LogP contribution in [-0.2, 0) is 0 Å². The number of aromatic nitrogens is 1. The number of hydrogen-bond acceptors (Lipinski definition) is 0. The highest BCUT2D eigenvalue weighted by molar-refractivity contribution is 6.08. The number of hydrogen-bond donors (Lipinski definition) is 1.